The Kier molecular flexibility index (Phi) is 7.71. The zero-order valence-corrected chi connectivity index (χ0v) is 19.5. The number of carbonyl (C=O) groups excluding carboxylic acids is 1. The van der Waals surface area contributed by atoms with E-state index in [1.807, 2.05) is 25.2 Å². The second kappa shape index (κ2) is 10.7. The minimum atomic E-state index is -0.0827. The molecule has 0 radical (unpaired) electrons. The molecule has 4 heterocycles. The normalized spacial score (nSPS) is 18.6. The first-order chi connectivity index (χ1) is 15.1. The number of nitrogens with zero attached hydrogens (tertiary/aromatic N) is 5. The summed E-state index contributed by atoms with van der Waals surface area (Å²) in [6.07, 6.45) is 1.39. The van der Waals surface area contributed by atoms with Crippen LogP contribution in [0.4, 0.5) is 5.82 Å². The molecule has 0 saturated carbocycles. The van der Waals surface area contributed by atoms with E-state index in [-0.39, 0.29) is 5.97 Å². The van der Waals surface area contributed by atoms with Crippen LogP contribution in [0.2, 0.25) is 0 Å². The molecule has 0 N–H and O–H groups in total. The predicted octanol–water partition coefficient (Wildman–Crippen LogP) is 2.30. The van der Waals surface area contributed by atoms with Gasteiger partial charge in [0.25, 0.3) is 0 Å². The molecular weight excluding hydrogens is 414 g/mol. The smallest absolute Gasteiger partial charge is 0.305 e. The van der Waals surface area contributed by atoms with Crippen LogP contribution in [0, 0.1) is 6.92 Å². The van der Waals surface area contributed by atoms with Crippen LogP contribution in [0.25, 0.3) is 10.2 Å². The molecule has 31 heavy (non-hydrogen) atoms. The molecule has 0 aromatic carbocycles. The van der Waals surface area contributed by atoms with Gasteiger partial charge in [-0.3, -0.25) is 9.69 Å². The van der Waals surface area contributed by atoms with E-state index in [1.165, 1.54) is 9.58 Å². The first-order valence-corrected chi connectivity index (χ1v) is 12.1. The van der Waals surface area contributed by atoms with Gasteiger partial charge in [0.15, 0.2) is 5.82 Å². The summed E-state index contributed by atoms with van der Waals surface area (Å²) >= 11 is 1.83. The van der Waals surface area contributed by atoms with Crippen LogP contribution < -0.4 is 4.90 Å². The van der Waals surface area contributed by atoms with Crippen molar-refractivity contribution in [2.75, 3.05) is 70.5 Å². The Labute approximate surface area is 188 Å². The molecule has 4 rings (SSSR count). The second-order valence-corrected chi connectivity index (χ2v) is 9.28. The Morgan fingerprint density at radius 2 is 1.87 bits per heavy atom. The molecule has 2 aromatic heterocycles. The van der Waals surface area contributed by atoms with Gasteiger partial charge in [-0.1, -0.05) is 0 Å². The maximum Gasteiger partial charge on any atom is 0.305 e. The lowest BCUT2D eigenvalue weighted by Gasteiger charge is -2.34. The zero-order valence-electron chi connectivity index (χ0n) is 18.6. The topological polar surface area (TPSA) is 71.0 Å². The number of morpholine rings is 1. The third kappa shape index (κ3) is 5.91. The van der Waals surface area contributed by atoms with E-state index in [0.29, 0.717) is 13.0 Å². The molecule has 2 fully saturated rings. The minimum absolute atomic E-state index is 0.0827. The van der Waals surface area contributed by atoms with Gasteiger partial charge in [0.2, 0.25) is 0 Å². The first kappa shape index (κ1) is 22.4. The van der Waals surface area contributed by atoms with Crippen LogP contribution in [0.1, 0.15) is 30.5 Å². The number of aryl methyl sites for hydroxylation is 1. The highest BCUT2D eigenvalue weighted by Crippen LogP contribution is 2.33. The maximum absolute atomic E-state index is 11.5. The molecule has 0 unspecified atom stereocenters. The molecule has 0 bridgehead atoms. The molecular formula is C22H33N5O3S. The molecule has 170 valence electrons. The Bertz CT molecular complexity index is 875. The fourth-order valence-corrected chi connectivity index (χ4v) is 5.37. The average Bonchev–Trinajstić information content (AvgIpc) is 3.17. The number of aromatic nitrogens is 2. The molecule has 2 saturated heterocycles. The third-order valence-electron chi connectivity index (χ3n) is 5.83. The fraction of sp³-hybridized carbons (Fsp3) is 0.682. The Hall–Kier alpha value is -1.81. The summed E-state index contributed by atoms with van der Waals surface area (Å²) in [6, 6.07) is 2.24. The SMILES string of the molecule is CCOC(=O)CCCN1CCN(Cc2cc3nc(C)nc(N4CCOCC4)c3s2)CC1. The summed E-state index contributed by atoms with van der Waals surface area (Å²) in [5.74, 6) is 1.81. The van der Waals surface area contributed by atoms with Gasteiger partial charge in [0.1, 0.15) is 5.82 Å². The lowest BCUT2D eigenvalue weighted by molar-refractivity contribution is -0.143. The molecule has 0 spiro atoms. The largest absolute Gasteiger partial charge is 0.466 e. The number of thiophene rings is 1. The fourth-order valence-electron chi connectivity index (χ4n) is 4.22. The standard InChI is InChI=1S/C22H33N5O3S/c1-3-30-20(28)5-4-6-25-7-9-26(10-8-25)16-18-15-19-21(31-18)22(24-17(2)23-19)27-11-13-29-14-12-27/h15H,3-14,16H2,1-2H3. The summed E-state index contributed by atoms with van der Waals surface area (Å²) in [5.41, 5.74) is 1.06. The number of esters is 1. The van der Waals surface area contributed by atoms with Crippen molar-refractivity contribution in [2.45, 2.75) is 33.2 Å². The number of carbonyl (C=O) groups is 1. The van der Waals surface area contributed by atoms with Crippen LogP contribution in [-0.2, 0) is 20.8 Å². The molecule has 0 atom stereocenters. The number of hydrogen-bond acceptors (Lipinski definition) is 9. The molecule has 0 aliphatic carbocycles. The van der Waals surface area contributed by atoms with Crippen molar-refractivity contribution in [3.8, 4) is 0 Å². The highest BCUT2D eigenvalue weighted by molar-refractivity contribution is 7.19. The van der Waals surface area contributed by atoms with Crippen LogP contribution in [0.5, 0.6) is 0 Å². The average molecular weight is 448 g/mol. The van der Waals surface area contributed by atoms with E-state index in [2.05, 4.69) is 20.8 Å². The monoisotopic (exact) mass is 447 g/mol. The van der Waals surface area contributed by atoms with Crippen LogP contribution >= 0.6 is 11.3 Å². The van der Waals surface area contributed by atoms with Gasteiger partial charge < -0.3 is 19.3 Å². The van der Waals surface area contributed by atoms with E-state index in [1.54, 1.807) is 0 Å². The Morgan fingerprint density at radius 3 is 2.61 bits per heavy atom. The number of hydrogen-bond donors (Lipinski definition) is 0. The second-order valence-electron chi connectivity index (χ2n) is 8.15. The summed E-state index contributed by atoms with van der Waals surface area (Å²) in [6.45, 7) is 13.7. The quantitative estimate of drug-likeness (QED) is 0.571. The van der Waals surface area contributed by atoms with Crippen molar-refractivity contribution in [3.05, 3.63) is 16.8 Å². The summed E-state index contributed by atoms with van der Waals surface area (Å²) in [5, 5.41) is 0. The predicted molar refractivity (Wildman–Crippen MR) is 123 cm³/mol. The van der Waals surface area contributed by atoms with Gasteiger partial charge in [0.05, 0.1) is 30.0 Å². The number of ether oxygens (including phenoxy) is 2. The van der Waals surface area contributed by atoms with Crippen LogP contribution in [0.3, 0.4) is 0 Å². The van der Waals surface area contributed by atoms with Gasteiger partial charge in [-0.05, 0) is 32.9 Å². The van der Waals surface area contributed by atoms with Crippen molar-refractivity contribution >= 4 is 33.3 Å². The summed E-state index contributed by atoms with van der Waals surface area (Å²) in [4.78, 5) is 29.6. The van der Waals surface area contributed by atoms with Crippen molar-refractivity contribution < 1.29 is 14.3 Å². The lowest BCUT2D eigenvalue weighted by Crippen LogP contribution is -2.46. The number of rotatable bonds is 8. The van der Waals surface area contributed by atoms with Crippen molar-refractivity contribution in [2.24, 2.45) is 0 Å². The van der Waals surface area contributed by atoms with Gasteiger partial charge in [0, 0.05) is 57.1 Å². The van der Waals surface area contributed by atoms with E-state index < -0.39 is 0 Å². The molecule has 2 aliphatic heterocycles. The van der Waals surface area contributed by atoms with E-state index >= 15 is 0 Å². The van der Waals surface area contributed by atoms with Gasteiger partial charge in [-0.15, -0.1) is 11.3 Å². The maximum atomic E-state index is 11.5. The molecule has 8 nitrogen and oxygen atoms in total. The first-order valence-electron chi connectivity index (χ1n) is 11.3. The van der Waals surface area contributed by atoms with Gasteiger partial charge in [-0.25, -0.2) is 9.97 Å². The number of piperazine rings is 1. The van der Waals surface area contributed by atoms with E-state index in [9.17, 15) is 4.79 Å². The Balaban J connectivity index is 1.32. The van der Waals surface area contributed by atoms with Crippen molar-refractivity contribution in [3.63, 3.8) is 0 Å². The zero-order chi connectivity index (χ0) is 21.6. The highest BCUT2D eigenvalue weighted by atomic mass is 32.1. The van der Waals surface area contributed by atoms with Gasteiger partial charge >= 0.3 is 5.97 Å². The van der Waals surface area contributed by atoms with Crippen molar-refractivity contribution in [1.82, 2.24) is 19.8 Å². The Morgan fingerprint density at radius 1 is 1.13 bits per heavy atom. The van der Waals surface area contributed by atoms with Gasteiger partial charge in [-0.2, -0.15) is 0 Å². The lowest BCUT2D eigenvalue weighted by atomic mass is 10.2. The van der Waals surface area contributed by atoms with Crippen LogP contribution in [0.15, 0.2) is 6.07 Å². The summed E-state index contributed by atoms with van der Waals surface area (Å²) < 4.78 is 11.7. The van der Waals surface area contributed by atoms with E-state index in [0.717, 1.165) is 89.2 Å². The minimum Gasteiger partial charge on any atom is -0.466 e. The molecule has 9 heteroatoms. The molecule has 0 amide bonds. The van der Waals surface area contributed by atoms with Crippen LogP contribution in [-0.4, -0.2) is 91.4 Å². The highest BCUT2D eigenvalue weighted by Gasteiger charge is 2.21. The molecule has 2 aliphatic rings. The third-order valence-corrected chi connectivity index (χ3v) is 6.94. The number of fused-ring (bicyclic) bond motifs is 1. The molecule has 2 aromatic rings. The van der Waals surface area contributed by atoms with E-state index in [4.69, 9.17) is 19.4 Å². The van der Waals surface area contributed by atoms with Crippen molar-refractivity contribution in [1.29, 1.82) is 0 Å². The summed E-state index contributed by atoms with van der Waals surface area (Å²) in [7, 11) is 0. The number of anilines is 1.